The predicted octanol–water partition coefficient (Wildman–Crippen LogP) is 4.57. The van der Waals surface area contributed by atoms with E-state index in [0.717, 1.165) is 44.0 Å². The second kappa shape index (κ2) is 8.82. The van der Waals surface area contributed by atoms with Crippen LogP contribution in [0.2, 0.25) is 0 Å². The van der Waals surface area contributed by atoms with Crippen LogP contribution in [0.1, 0.15) is 21.5 Å². The van der Waals surface area contributed by atoms with Crippen LogP contribution in [0.15, 0.2) is 78.9 Å². The van der Waals surface area contributed by atoms with Gasteiger partial charge in [0, 0.05) is 49.7 Å². The number of piperazine rings is 1. The molecule has 0 spiro atoms. The molecule has 0 aliphatic carbocycles. The molecule has 0 aromatic heterocycles. The average Bonchev–Trinajstić information content (AvgIpc) is 2.79. The van der Waals surface area contributed by atoms with Crippen molar-refractivity contribution < 1.29 is 4.79 Å². The molecule has 148 valence electrons. The first-order valence-electron chi connectivity index (χ1n) is 10.2. The molecule has 1 heterocycles. The van der Waals surface area contributed by atoms with Crippen molar-refractivity contribution in [3.63, 3.8) is 0 Å². The summed E-state index contributed by atoms with van der Waals surface area (Å²) in [5, 5.41) is 3.44. The molecule has 3 aromatic rings. The van der Waals surface area contributed by atoms with E-state index in [1.54, 1.807) is 0 Å². The fourth-order valence-electron chi connectivity index (χ4n) is 3.73. The second-order valence-electron chi connectivity index (χ2n) is 7.47. The summed E-state index contributed by atoms with van der Waals surface area (Å²) < 4.78 is 0. The fourth-order valence-corrected chi connectivity index (χ4v) is 3.73. The fraction of sp³-hybridized carbons (Fsp3) is 0.240. The van der Waals surface area contributed by atoms with Crippen molar-refractivity contribution >= 4 is 17.3 Å². The number of hydrogen-bond donors (Lipinski definition) is 1. The Morgan fingerprint density at radius 2 is 1.48 bits per heavy atom. The lowest BCUT2D eigenvalue weighted by Gasteiger charge is -2.36. The molecule has 1 aliphatic heterocycles. The Kier molecular flexibility index (Phi) is 5.80. The van der Waals surface area contributed by atoms with Gasteiger partial charge in [-0.05, 0) is 54.4 Å². The minimum Gasteiger partial charge on any atom is -0.381 e. The summed E-state index contributed by atoms with van der Waals surface area (Å²) in [4.78, 5) is 17.2. The molecule has 1 aliphatic rings. The number of anilines is 2. The molecule has 1 amide bonds. The number of para-hydroxylation sites is 1. The van der Waals surface area contributed by atoms with Gasteiger partial charge in [-0.1, -0.05) is 42.5 Å². The molecular formula is C25H27N3O. The van der Waals surface area contributed by atoms with Gasteiger partial charge in [0.25, 0.3) is 5.91 Å². The Morgan fingerprint density at radius 1 is 0.828 bits per heavy atom. The highest BCUT2D eigenvalue weighted by molar-refractivity contribution is 5.94. The summed E-state index contributed by atoms with van der Waals surface area (Å²) in [6.07, 6.45) is 0. The van der Waals surface area contributed by atoms with Crippen LogP contribution < -0.4 is 10.2 Å². The highest BCUT2D eigenvalue weighted by atomic mass is 16.2. The van der Waals surface area contributed by atoms with Crippen molar-refractivity contribution in [2.24, 2.45) is 0 Å². The Morgan fingerprint density at radius 3 is 2.17 bits per heavy atom. The molecule has 0 unspecified atom stereocenters. The first-order valence-corrected chi connectivity index (χ1v) is 10.2. The molecule has 4 heteroatoms. The first-order chi connectivity index (χ1) is 14.2. The zero-order chi connectivity index (χ0) is 20.1. The molecule has 1 N–H and O–H groups in total. The summed E-state index contributed by atoms with van der Waals surface area (Å²) in [5.41, 5.74) is 5.56. The van der Waals surface area contributed by atoms with E-state index < -0.39 is 0 Å². The number of carbonyl (C=O) groups excluding carboxylic acids is 1. The Labute approximate surface area is 172 Å². The first kappa shape index (κ1) is 19.1. The highest BCUT2D eigenvalue weighted by Gasteiger charge is 2.22. The maximum atomic E-state index is 12.9. The molecule has 0 atom stereocenters. The van der Waals surface area contributed by atoms with Crippen molar-refractivity contribution in [2.45, 2.75) is 13.5 Å². The van der Waals surface area contributed by atoms with Crippen LogP contribution in [0.4, 0.5) is 11.4 Å². The van der Waals surface area contributed by atoms with E-state index in [0.29, 0.717) is 0 Å². The van der Waals surface area contributed by atoms with Crippen LogP contribution >= 0.6 is 0 Å². The molecular weight excluding hydrogens is 358 g/mol. The van der Waals surface area contributed by atoms with E-state index in [1.807, 2.05) is 35.2 Å². The predicted molar refractivity (Wildman–Crippen MR) is 120 cm³/mol. The molecule has 4 nitrogen and oxygen atoms in total. The zero-order valence-electron chi connectivity index (χ0n) is 16.8. The normalized spacial score (nSPS) is 14.0. The molecule has 0 radical (unpaired) electrons. The van der Waals surface area contributed by atoms with Crippen molar-refractivity contribution in [3.05, 3.63) is 95.6 Å². The number of benzene rings is 3. The van der Waals surface area contributed by atoms with Gasteiger partial charge in [-0.3, -0.25) is 4.79 Å². The quantitative estimate of drug-likeness (QED) is 0.699. The number of carbonyl (C=O) groups is 1. The van der Waals surface area contributed by atoms with E-state index in [-0.39, 0.29) is 5.91 Å². The second-order valence-corrected chi connectivity index (χ2v) is 7.47. The molecule has 3 aromatic carbocycles. The molecule has 0 bridgehead atoms. The van der Waals surface area contributed by atoms with Gasteiger partial charge < -0.3 is 15.1 Å². The van der Waals surface area contributed by atoms with E-state index in [4.69, 9.17) is 0 Å². The molecule has 1 saturated heterocycles. The van der Waals surface area contributed by atoms with Gasteiger partial charge in [-0.2, -0.15) is 0 Å². The van der Waals surface area contributed by atoms with Gasteiger partial charge in [0.05, 0.1) is 0 Å². The smallest absolute Gasteiger partial charge is 0.253 e. The average molecular weight is 386 g/mol. The lowest BCUT2D eigenvalue weighted by molar-refractivity contribution is 0.0747. The van der Waals surface area contributed by atoms with E-state index in [2.05, 4.69) is 65.7 Å². The SMILES string of the molecule is Cc1ccccc1CNc1ccc(C(=O)N2CCN(c3ccccc3)CC2)cc1. The van der Waals surface area contributed by atoms with E-state index >= 15 is 0 Å². The molecule has 1 fully saturated rings. The largest absolute Gasteiger partial charge is 0.381 e. The maximum absolute atomic E-state index is 12.9. The van der Waals surface area contributed by atoms with Gasteiger partial charge >= 0.3 is 0 Å². The minimum atomic E-state index is 0.114. The number of rotatable bonds is 5. The molecule has 0 saturated carbocycles. The van der Waals surface area contributed by atoms with Crippen LogP contribution in [0, 0.1) is 6.92 Å². The Balaban J connectivity index is 1.32. The van der Waals surface area contributed by atoms with Crippen LogP contribution in [-0.2, 0) is 6.54 Å². The summed E-state index contributed by atoms with van der Waals surface area (Å²) in [7, 11) is 0. The third-order valence-electron chi connectivity index (χ3n) is 5.56. The number of amides is 1. The van der Waals surface area contributed by atoms with Gasteiger partial charge in [0.15, 0.2) is 0 Å². The molecule has 4 rings (SSSR count). The van der Waals surface area contributed by atoms with E-state index in [9.17, 15) is 4.79 Å². The van der Waals surface area contributed by atoms with Crippen molar-refractivity contribution in [1.29, 1.82) is 0 Å². The lowest BCUT2D eigenvalue weighted by Crippen LogP contribution is -2.48. The summed E-state index contributed by atoms with van der Waals surface area (Å²) >= 11 is 0. The van der Waals surface area contributed by atoms with Crippen molar-refractivity contribution in [2.75, 3.05) is 36.4 Å². The lowest BCUT2D eigenvalue weighted by atomic mass is 10.1. The standard InChI is InChI=1S/C25H27N3O/c1-20-7-5-6-8-22(20)19-26-23-13-11-21(12-14-23)25(29)28-17-15-27(16-18-28)24-9-3-2-4-10-24/h2-14,26H,15-19H2,1H3. The summed E-state index contributed by atoms with van der Waals surface area (Å²) in [6.45, 7) is 6.14. The maximum Gasteiger partial charge on any atom is 0.253 e. The van der Waals surface area contributed by atoms with Gasteiger partial charge in [0.2, 0.25) is 0 Å². The Hall–Kier alpha value is -3.27. The Bertz CT molecular complexity index is 945. The van der Waals surface area contributed by atoms with Crippen molar-refractivity contribution in [1.82, 2.24) is 4.90 Å². The summed E-state index contributed by atoms with van der Waals surface area (Å²) in [6, 6.07) is 26.6. The van der Waals surface area contributed by atoms with Crippen LogP contribution in [0.5, 0.6) is 0 Å². The number of nitrogens with one attached hydrogen (secondary N) is 1. The van der Waals surface area contributed by atoms with Crippen LogP contribution in [-0.4, -0.2) is 37.0 Å². The number of aryl methyl sites for hydroxylation is 1. The zero-order valence-corrected chi connectivity index (χ0v) is 16.8. The van der Waals surface area contributed by atoms with Crippen LogP contribution in [0.3, 0.4) is 0 Å². The number of nitrogens with zero attached hydrogens (tertiary/aromatic N) is 2. The van der Waals surface area contributed by atoms with E-state index in [1.165, 1.54) is 16.8 Å². The topological polar surface area (TPSA) is 35.6 Å². The highest BCUT2D eigenvalue weighted by Crippen LogP contribution is 2.18. The van der Waals surface area contributed by atoms with Gasteiger partial charge in [-0.15, -0.1) is 0 Å². The van der Waals surface area contributed by atoms with Crippen LogP contribution in [0.25, 0.3) is 0 Å². The number of hydrogen-bond acceptors (Lipinski definition) is 3. The third kappa shape index (κ3) is 4.60. The minimum absolute atomic E-state index is 0.114. The van der Waals surface area contributed by atoms with Crippen molar-refractivity contribution in [3.8, 4) is 0 Å². The third-order valence-corrected chi connectivity index (χ3v) is 5.56. The summed E-state index contributed by atoms with van der Waals surface area (Å²) in [5.74, 6) is 0.114. The van der Waals surface area contributed by atoms with Gasteiger partial charge in [-0.25, -0.2) is 0 Å². The monoisotopic (exact) mass is 385 g/mol. The van der Waals surface area contributed by atoms with Gasteiger partial charge in [0.1, 0.15) is 0 Å². The molecule has 29 heavy (non-hydrogen) atoms.